The van der Waals surface area contributed by atoms with Crippen LogP contribution in [0.1, 0.15) is 38.0 Å². The fraction of sp³-hybridized carbons (Fsp3) is 0.400. The average Bonchev–Trinajstić information content (AvgIpc) is 2.35. The van der Waals surface area contributed by atoms with E-state index < -0.39 is 12.1 Å². The lowest BCUT2D eigenvalue weighted by molar-refractivity contribution is -0.137. The van der Waals surface area contributed by atoms with E-state index in [-0.39, 0.29) is 11.0 Å². The molecule has 1 unspecified atom stereocenters. The zero-order valence-corrected chi connectivity index (χ0v) is 11.4. The van der Waals surface area contributed by atoms with Gasteiger partial charge in [0.2, 0.25) is 0 Å². The van der Waals surface area contributed by atoms with Gasteiger partial charge in [0.15, 0.2) is 0 Å². The standard InChI is InChI=1S/C15H20O3/c1-10(14(17)18-5)13(16)11-6-8-12(9-7-11)15(2,3)4/h6-9,13,16H,1H2,2-5H3. The van der Waals surface area contributed by atoms with Crippen molar-refractivity contribution in [1.82, 2.24) is 0 Å². The Morgan fingerprint density at radius 3 is 2.17 bits per heavy atom. The topological polar surface area (TPSA) is 46.5 Å². The first-order valence-corrected chi connectivity index (χ1v) is 5.83. The summed E-state index contributed by atoms with van der Waals surface area (Å²) in [6.45, 7) is 9.90. The van der Waals surface area contributed by atoms with Crippen molar-refractivity contribution < 1.29 is 14.6 Å². The van der Waals surface area contributed by atoms with Crippen molar-refractivity contribution in [2.24, 2.45) is 0 Å². The largest absolute Gasteiger partial charge is 0.466 e. The number of aliphatic hydroxyl groups is 1. The molecule has 0 heterocycles. The summed E-state index contributed by atoms with van der Waals surface area (Å²) in [5, 5.41) is 9.98. The van der Waals surface area contributed by atoms with Gasteiger partial charge >= 0.3 is 5.97 Å². The fourth-order valence-electron chi connectivity index (χ4n) is 1.61. The molecule has 98 valence electrons. The van der Waals surface area contributed by atoms with E-state index in [1.807, 2.05) is 12.1 Å². The van der Waals surface area contributed by atoms with E-state index in [0.29, 0.717) is 5.56 Å². The fourth-order valence-corrected chi connectivity index (χ4v) is 1.61. The van der Waals surface area contributed by atoms with Crippen LogP contribution < -0.4 is 0 Å². The zero-order valence-electron chi connectivity index (χ0n) is 11.4. The minimum atomic E-state index is -1.02. The minimum absolute atomic E-state index is 0.0426. The monoisotopic (exact) mass is 248 g/mol. The van der Waals surface area contributed by atoms with Gasteiger partial charge in [-0.25, -0.2) is 4.79 Å². The number of carbonyl (C=O) groups excluding carboxylic acids is 1. The van der Waals surface area contributed by atoms with Crippen LogP contribution in [0.2, 0.25) is 0 Å². The van der Waals surface area contributed by atoms with Crippen LogP contribution in [0.25, 0.3) is 0 Å². The van der Waals surface area contributed by atoms with Crippen LogP contribution in [0.15, 0.2) is 36.4 Å². The SMILES string of the molecule is C=C(C(=O)OC)C(O)c1ccc(C(C)(C)C)cc1. The molecule has 0 aliphatic heterocycles. The van der Waals surface area contributed by atoms with Gasteiger partial charge in [0, 0.05) is 0 Å². The first kappa shape index (κ1) is 14.5. The number of esters is 1. The van der Waals surface area contributed by atoms with Crippen LogP contribution in [0.4, 0.5) is 0 Å². The third kappa shape index (κ3) is 3.20. The van der Waals surface area contributed by atoms with Crippen LogP contribution in [0, 0.1) is 0 Å². The number of hydrogen-bond donors (Lipinski definition) is 1. The molecule has 1 aromatic carbocycles. The van der Waals surface area contributed by atoms with Gasteiger partial charge in [-0.15, -0.1) is 0 Å². The molecule has 0 saturated carbocycles. The second-order valence-electron chi connectivity index (χ2n) is 5.29. The van der Waals surface area contributed by atoms with Gasteiger partial charge in [-0.2, -0.15) is 0 Å². The summed E-state index contributed by atoms with van der Waals surface area (Å²) in [5.41, 5.74) is 1.91. The molecule has 0 radical (unpaired) electrons. The molecule has 1 rings (SSSR count). The maximum atomic E-state index is 11.3. The first-order chi connectivity index (χ1) is 8.27. The van der Waals surface area contributed by atoms with E-state index in [2.05, 4.69) is 32.1 Å². The van der Waals surface area contributed by atoms with E-state index in [1.54, 1.807) is 12.1 Å². The molecule has 0 spiro atoms. The van der Waals surface area contributed by atoms with Gasteiger partial charge < -0.3 is 9.84 Å². The molecule has 18 heavy (non-hydrogen) atoms. The highest BCUT2D eigenvalue weighted by atomic mass is 16.5. The third-order valence-electron chi connectivity index (χ3n) is 2.87. The normalized spacial score (nSPS) is 12.9. The number of carbonyl (C=O) groups is 1. The smallest absolute Gasteiger partial charge is 0.336 e. The van der Waals surface area contributed by atoms with Crippen molar-refractivity contribution in [2.75, 3.05) is 7.11 Å². The van der Waals surface area contributed by atoms with E-state index in [0.717, 1.165) is 0 Å². The highest BCUT2D eigenvalue weighted by Crippen LogP contribution is 2.26. The molecule has 0 saturated heterocycles. The minimum Gasteiger partial charge on any atom is -0.466 e. The number of rotatable bonds is 3. The lowest BCUT2D eigenvalue weighted by Gasteiger charge is -2.20. The van der Waals surface area contributed by atoms with Gasteiger partial charge in [0.25, 0.3) is 0 Å². The summed E-state index contributed by atoms with van der Waals surface area (Å²) in [5.74, 6) is -0.595. The Labute approximate surface area is 108 Å². The summed E-state index contributed by atoms with van der Waals surface area (Å²) in [7, 11) is 1.27. The van der Waals surface area contributed by atoms with Crippen molar-refractivity contribution in [1.29, 1.82) is 0 Å². The summed E-state index contributed by atoms with van der Waals surface area (Å²) in [4.78, 5) is 11.3. The van der Waals surface area contributed by atoms with Gasteiger partial charge in [-0.1, -0.05) is 51.6 Å². The number of aliphatic hydroxyl groups excluding tert-OH is 1. The van der Waals surface area contributed by atoms with Gasteiger partial charge in [-0.05, 0) is 16.5 Å². The number of hydrogen-bond acceptors (Lipinski definition) is 3. The summed E-state index contributed by atoms with van der Waals surface area (Å²) >= 11 is 0. The predicted molar refractivity (Wildman–Crippen MR) is 71.3 cm³/mol. The Hall–Kier alpha value is -1.61. The van der Waals surface area contributed by atoms with E-state index in [4.69, 9.17) is 0 Å². The Bertz CT molecular complexity index is 438. The third-order valence-corrected chi connectivity index (χ3v) is 2.87. The highest BCUT2D eigenvalue weighted by Gasteiger charge is 2.20. The maximum Gasteiger partial charge on any atom is 0.336 e. The van der Waals surface area contributed by atoms with E-state index in [1.165, 1.54) is 12.7 Å². The lowest BCUT2D eigenvalue weighted by Crippen LogP contribution is -2.13. The number of methoxy groups -OCH3 is 1. The van der Waals surface area contributed by atoms with Gasteiger partial charge in [0.1, 0.15) is 6.10 Å². The molecule has 0 aliphatic carbocycles. The Morgan fingerprint density at radius 2 is 1.78 bits per heavy atom. The molecule has 0 bridgehead atoms. The molecule has 0 aromatic heterocycles. The molecular formula is C15H20O3. The van der Waals surface area contributed by atoms with Crippen molar-refractivity contribution >= 4 is 5.97 Å². The second kappa shape index (κ2) is 5.36. The average molecular weight is 248 g/mol. The quantitative estimate of drug-likeness (QED) is 0.661. The van der Waals surface area contributed by atoms with Crippen molar-refractivity contribution in [2.45, 2.75) is 32.3 Å². The van der Waals surface area contributed by atoms with Gasteiger partial charge in [0.05, 0.1) is 12.7 Å². The molecule has 1 atom stereocenters. The Morgan fingerprint density at radius 1 is 1.28 bits per heavy atom. The first-order valence-electron chi connectivity index (χ1n) is 5.83. The Balaban J connectivity index is 2.92. The Kier molecular flexibility index (Phi) is 4.30. The molecule has 1 aromatic rings. The molecule has 1 N–H and O–H groups in total. The van der Waals surface area contributed by atoms with Crippen LogP contribution in [0.5, 0.6) is 0 Å². The number of ether oxygens (including phenoxy) is 1. The van der Waals surface area contributed by atoms with Crippen LogP contribution in [-0.4, -0.2) is 18.2 Å². The number of benzene rings is 1. The van der Waals surface area contributed by atoms with Crippen molar-refractivity contribution in [3.63, 3.8) is 0 Å². The maximum absolute atomic E-state index is 11.3. The van der Waals surface area contributed by atoms with E-state index >= 15 is 0 Å². The van der Waals surface area contributed by atoms with Crippen LogP contribution in [0.3, 0.4) is 0 Å². The molecule has 0 fully saturated rings. The molecule has 3 heteroatoms. The lowest BCUT2D eigenvalue weighted by atomic mass is 9.86. The highest BCUT2D eigenvalue weighted by molar-refractivity contribution is 5.88. The summed E-state index contributed by atoms with van der Waals surface area (Å²) < 4.78 is 4.53. The summed E-state index contributed by atoms with van der Waals surface area (Å²) in [6.07, 6.45) is -1.02. The zero-order chi connectivity index (χ0) is 13.9. The molecule has 0 aliphatic rings. The van der Waals surface area contributed by atoms with Crippen LogP contribution >= 0.6 is 0 Å². The summed E-state index contributed by atoms with van der Waals surface area (Å²) in [6, 6.07) is 7.50. The molecule has 0 amide bonds. The molecule has 3 nitrogen and oxygen atoms in total. The second-order valence-corrected chi connectivity index (χ2v) is 5.29. The van der Waals surface area contributed by atoms with Crippen molar-refractivity contribution in [3.05, 3.63) is 47.5 Å². The van der Waals surface area contributed by atoms with Crippen LogP contribution in [-0.2, 0) is 14.9 Å². The predicted octanol–water partition coefficient (Wildman–Crippen LogP) is 2.75. The van der Waals surface area contributed by atoms with E-state index in [9.17, 15) is 9.90 Å². The van der Waals surface area contributed by atoms with Crippen molar-refractivity contribution in [3.8, 4) is 0 Å². The molecular weight excluding hydrogens is 228 g/mol. The van der Waals surface area contributed by atoms with Gasteiger partial charge in [-0.3, -0.25) is 0 Å².